The summed E-state index contributed by atoms with van der Waals surface area (Å²) in [4.78, 5) is 12.6. The van der Waals surface area contributed by atoms with Crippen LogP contribution < -0.4 is 0 Å². The summed E-state index contributed by atoms with van der Waals surface area (Å²) in [6.07, 6.45) is 0.879. The predicted octanol–water partition coefficient (Wildman–Crippen LogP) is 7.96. The maximum atomic E-state index is 12.6. The Hall–Kier alpha value is -4.43. The summed E-state index contributed by atoms with van der Waals surface area (Å²) in [5.41, 5.74) is 11.0. The van der Waals surface area contributed by atoms with Crippen molar-refractivity contribution in [1.82, 2.24) is 0 Å². The molecule has 2 heteroatoms. The second-order valence-corrected chi connectivity index (χ2v) is 8.65. The van der Waals surface area contributed by atoms with Crippen LogP contribution in [0.3, 0.4) is 0 Å². The van der Waals surface area contributed by atoms with E-state index in [4.69, 9.17) is 0 Å². The lowest BCUT2D eigenvalue weighted by molar-refractivity contribution is 0.0698. The van der Waals surface area contributed by atoms with Gasteiger partial charge >= 0.3 is 5.97 Å². The third-order valence-electron chi connectivity index (χ3n) is 6.68. The summed E-state index contributed by atoms with van der Waals surface area (Å²) in [6.45, 7) is 0. The maximum Gasteiger partial charge on any atom is 0.336 e. The van der Waals surface area contributed by atoms with Gasteiger partial charge in [0.1, 0.15) is 0 Å². The minimum atomic E-state index is -0.921. The Balaban J connectivity index is 1.65. The van der Waals surface area contributed by atoms with E-state index in [0.717, 1.165) is 39.8 Å². The normalized spacial score (nSPS) is 11.6. The van der Waals surface area contributed by atoms with E-state index in [-0.39, 0.29) is 0 Å². The molecule has 0 heterocycles. The second-order valence-electron chi connectivity index (χ2n) is 8.65. The monoisotopic (exact) mass is 438 g/mol. The highest BCUT2D eigenvalue weighted by Crippen LogP contribution is 2.44. The molecule has 0 spiro atoms. The number of fused-ring (bicyclic) bond motifs is 3. The maximum absolute atomic E-state index is 12.6. The van der Waals surface area contributed by atoms with Crippen molar-refractivity contribution in [2.75, 3.05) is 0 Å². The standard InChI is InChI=1S/C32H22O2/c33-32(34)31-28(21-10-3-1-4-11-21)19-24(20-29(31)22-12-5-2-6-13-22)26-16-9-17-27-25-15-8-7-14-23(25)18-30(26)27/h1-17,19-20H,18H2,(H,33,34). The lowest BCUT2D eigenvalue weighted by Gasteiger charge is -2.17. The molecule has 5 aromatic carbocycles. The number of hydrogen-bond donors (Lipinski definition) is 1. The van der Waals surface area contributed by atoms with Gasteiger partial charge in [0, 0.05) is 0 Å². The highest BCUT2D eigenvalue weighted by Gasteiger charge is 2.24. The molecule has 0 atom stereocenters. The van der Waals surface area contributed by atoms with E-state index in [9.17, 15) is 9.90 Å². The van der Waals surface area contributed by atoms with E-state index in [2.05, 4.69) is 42.5 Å². The van der Waals surface area contributed by atoms with Gasteiger partial charge in [0.15, 0.2) is 0 Å². The number of aromatic carboxylic acids is 1. The van der Waals surface area contributed by atoms with Gasteiger partial charge in [-0.1, -0.05) is 103 Å². The van der Waals surface area contributed by atoms with Crippen molar-refractivity contribution in [1.29, 1.82) is 0 Å². The molecule has 0 amide bonds. The van der Waals surface area contributed by atoms with Gasteiger partial charge in [-0.05, 0) is 74.2 Å². The zero-order chi connectivity index (χ0) is 23.1. The number of carbonyl (C=O) groups is 1. The third-order valence-corrected chi connectivity index (χ3v) is 6.68. The first-order valence-electron chi connectivity index (χ1n) is 11.4. The fraction of sp³-hybridized carbons (Fsp3) is 0.0312. The van der Waals surface area contributed by atoms with Gasteiger partial charge in [-0.15, -0.1) is 0 Å². The molecule has 0 aliphatic heterocycles. The molecule has 0 saturated heterocycles. The first-order valence-corrected chi connectivity index (χ1v) is 11.4. The quantitative estimate of drug-likeness (QED) is 0.303. The van der Waals surface area contributed by atoms with Crippen LogP contribution in [0, 0.1) is 0 Å². The highest BCUT2D eigenvalue weighted by atomic mass is 16.4. The van der Waals surface area contributed by atoms with Crippen LogP contribution in [0.5, 0.6) is 0 Å². The molecule has 0 saturated carbocycles. The van der Waals surface area contributed by atoms with E-state index in [1.54, 1.807) is 0 Å². The molecule has 0 unspecified atom stereocenters. The average molecular weight is 439 g/mol. The molecule has 6 rings (SSSR count). The van der Waals surface area contributed by atoms with Crippen LogP contribution in [0.25, 0.3) is 44.5 Å². The van der Waals surface area contributed by atoms with Crippen LogP contribution >= 0.6 is 0 Å². The van der Waals surface area contributed by atoms with Crippen molar-refractivity contribution in [2.24, 2.45) is 0 Å². The van der Waals surface area contributed by atoms with Crippen molar-refractivity contribution >= 4 is 5.97 Å². The number of carboxylic acids is 1. The van der Waals surface area contributed by atoms with Gasteiger partial charge in [-0.3, -0.25) is 0 Å². The Morgan fingerprint density at radius 2 is 1.06 bits per heavy atom. The fourth-order valence-corrected chi connectivity index (χ4v) is 5.15. The molecule has 2 nitrogen and oxygen atoms in total. The number of hydrogen-bond acceptors (Lipinski definition) is 1. The SMILES string of the molecule is O=C(O)c1c(-c2ccccc2)cc(-c2cccc3c2Cc2ccccc2-3)cc1-c1ccccc1. The third kappa shape index (κ3) is 3.32. The van der Waals surface area contributed by atoms with Gasteiger partial charge in [-0.25, -0.2) is 4.79 Å². The van der Waals surface area contributed by atoms with Crippen molar-refractivity contribution in [2.45, 2.75) is 6.42 Å². The first kappa shape index (κ1) is 20.2. The number of rotatable bonds is 4. The minimum Gasteiger partial charge on any atom is -0.478 e. The molecular weight excluding hydrogens is 416 g/mol. The molecule has 0 aromatic heterocycles. The summed E-state index contributed by atoms with van der Waals surface area (Å²) in [6, 6.07) is 38.7. The second kappa shape index (κ2) is 8.17. The first-order chi connectivity index (χ1) is 16.7. The fourth-order valence-electron chi connectivity index (χ4n) is 5.15. The summed E-state index contributed by atoms with van der Waals surface area (Å²) in [7, 11) is 0. The molecule has 0 radical (unpaired) electrons. The molecule has 1 aliphatic carbocycles. The summed E-state index contributed by atoms with van der Waals surface area (Å²) in [5, 5.41) is 10.3. The van der Waals surface area contributed by atoms with Gasteiger partial charge in [0.25, 0.3) is 0 Å². The van der Waals surface area contributed by atoms with Crippen molar-refractivity contribution in [3.05, 3.63) is 132 Å². The van der Waals surface area contributed by atoms with E-state index >= 15 is 0 Å². The van der Waals surface area contributed by atoms with Crippen LogP contribution in [0.2, 0.25) is 0 Å². The summed E-state index contributed by atoms with van der Waals surface area (Å²) in [5.74, 6) is -0.921. The zero-order valence-corrected chi connectivity index (χ0v) is 18.5. The van der Waals surface area contributed by atoms with Crippen LogP contribution in [0.15, 0.2) is 115 Å². The van der Waals surface area contributed by atoms with Crippen molar-refractivity contribution in [3.8, 4) is 44.5 Å². The topological polar surface area (TPSA) is 37.3 Å². The largest absolute Gasteiger partial charge is 0.478 e. The van der Waals surface area contributed by atoms with Gasteiger partial charge in [-0.2, -0.15) is 0 Å². The van der Waals surface area contributed by atoms with Gasteiger partial charge in [0.2, 0.25) is 0 Å². The molecule has 0 bridgehead atoms. The Bertz CT molecular complexity index is 1470. The van der Waals surface area contributed by atoms with Crippen LogP contribution in [0.4, 0.5) is 0 Å². The highest BCUT2D eigenvalue weighted by molar-refractivity contribution is 6.05. The summed E-state index contributed by atoms with van der Waals surface area (Å²) < 4.78 is 0. The Labute approximate surface area is 198 Å². The molecule has 5 aromatic rings. The van der Waals surface area contributed by atoms with E-state index < -0.39 is 5.97 Å². The molecule has 1 aliphatic rings. The van der Waals surface area contributed by atoms with Gasteiger partial charge < -0.3 is 5.11 Å². The minimum absolute atomic E-state index is 0.331. The van der Waals surface area contributed by atoms with E-state index in [1.165, 1.54) is 22.3 Å². The number of carboxylic acid groups (broad SMARTS) is 1. The average Bonchev–Trinajstić information content (AvgIpc) is 3.28. The Morgan fingerprint density at radius 3 is 1.68 bits per heavy atom. The van der Waals surface area contributed by atoms with Crippen LogP contribution in [-0.2, 0) is 6.42 Å². The van der Waals surface area contributed by atoms with E-state index in [1.807, 2.05) is 72.8 Å². The molecule has 1 N–H and O–H groups in total. The smallest absolute Gasteiger partial charge is 0.336 e. The van der Waals surface area contributed by atoms with Crippen molar-refractivity contribution in [3.63, 3.8) is 0 Å². The van der Waals surface area contributed by atoms with Crippen LogP contribution in [-0.4, -0.2) is 11.1 Å². The Morgan fingerprint density at radius 1 is 0.529 bits per heavy atom. The molecule has 0 fully saturated rings. The lowest BCUT2D eigenvalue weighted by Crippen LogP contribution is -2.04. The van der Waals surface area contributed by atoms with Crippen LogP contribution in [0.1, 0.15) is 21.5 Å². The molecule has 34 heavy (non-hydrogen) atoms. The molecular formula is C32H22O2. The summed E-state index contributed by atoms with van der Waals surface area (Å²) >= 11 is 0. The number of benzene rings is 5. The molecule has 162 valence electrons. The van der Waals surface area contributed by atoms with Gasteiger partial charge in [0.05, 0.1) is 5.56 Å². The lowest BCUT2D eigenvalue weighted by atomic mass is 9.86. The van der Waals surface area contributed by atoms with Crippen molar-refractivity contribution < 1.29 is 9.90 Å². The Kier molecular flexibility index (Phi) is 4.85. The predicted molar refractivity (Wildman–Crippen MR) is 138 cm³/mol. The van der Waals surface area contributed by atoms with E-state index in [0.29, 0.717) is 5.56 Å². The zero-order valence-electron chi connectivity index (χ0n) is 18.5.